The summed E-state index contributed by atoms with van der Waals surface area (Å²) in [5, 5.41) is 0. The number of ether oxygens (including phenoxy) is 1. The number of hydrogen-bond donors (Lipinski definition) is 2. The number of amides is 1. The van der Waals surface area contributed by atoms with Gasteiger partial charge in [0, 0.05) is 0 Å². The molecular weight excluding hydrogens is 192 g/mol. The largest absolute Gasteiger partial charge is 0.442 e. The van der Waals surface area contributed by atoms with Crippen molar-refractivity contribution in [3.63, 3.8) is 0 Å². The predicted molar refractivity (Wildman–Crippen MR) is 59.0 cm³/mol. The summed E-state index contributed by atoms with van der Waals surface area (Å²) in [6, 6.07) is 0. The summed E-state index contributed by atoms with van der Waals surface area (Å²) in [6.07, 6.45) is 3.60. The van der Waals surface area contributed by atoms with E-state index in [1.54, 1.807) is 0 Å². The zero-order chi connectivity index (χ0) is 11.5. The lowest BCUT2D eigenvalue weighted by Gasteiger charge is -2.37. The molecule has 3 N–H and O–H groups in total. The third-order valence-corrected chi connectivity index (χ3v) is 3.49. The molecule has 0 atom stereocenters. The second kappa shape index (κ2) is 4.84. The van der Waals surface area contributed by atoms with Crippen molar-refractivity contribution in [1.82, 2.24) is 5.43 Å². The van der Waals surface area contributed by atoms with Gasteiger partial charge in [0.15, 0.2) is 0 Å². The number of nitrogens with two attached hydrogens (primary N) is 1. The third-order valence-electron chi connectivity index (χ3n) is 3.49. The van der Waals surface area contributed by atoms with Gasteiger partial charge in [0.2, 0.25) is 0 Å². The number of carbonyl (C=O) groups excluding carboxylic acids is 1. The van der Waals surface area contributed by atoms with Crippen LogP contribution in [0.4, 0.5) is 4.79 Å². The molecule has 1 saturated carbocycles. The highest BCUT2D eigenvalue weighted by molar-refractivity contribution is 5.66. The van der Waals surface area contributed by atoms with E-state index in [9.17, 15) is 4.79 Å². The maximum Gasteiger partial charge on any atom is 0.421 e. The normalized spacial score (nSPS) is 31.4. The van der Waals surface area contributed by atoms with Crippen LogP contribution in [-0.2, 0) is 4.74 Å². The van der Waals surface area contributed by atoms with Crippen molar-refractivity contribution in [2.45, 2.75) is 52.1 Å². The van der Waals surface area contributed by atoms with Crippen LogP contribution in [0.15, 0.2) is 0 Å². The van der Waals surface area contributed by atoms with Gasteiger partial charge in [-0.15, -0.1) is 0 Å². The number of hydrogen-bond acceptors (Lipinski definition) is 3. The molecule has 0 bridgehead atoms. The van der Waals surface area contributed by atoms with Crippen molar-refractivity contribution in [3.05, 3.63) is 0 Å². The summed E-state index contributed by atoms with van der Waals surface area (Å²) < 4.78 is 5.28. The Balaban J connectivity index is 2.44. The molecule has 1 aliphatic rings. The first kappa shape index (κ1) is 12.3. The second-order valence-corrected chi connectivity index (χ2v) is 5.07. The summed E-state index contributed by atoms with van der Waals surface area (Å²) >= 11 is 0. The first-order valence-corrected chi connectivity index (χ1v) is 5.66. The van der Waals surface area contributed by atoms with E-state index >= 15 is 0 Å². The van der Waals surface area contributed by atoms with Crippen LogP contribution in [0.1, 0.15) is 46.5 Å². The van der Waals surface area contributed by atoms with E-state index in [1.807, 2.05) is 12.3 Å². The summed E-state index contributed by atoms with van der Waals surface area (Å²) in [6.45, 7) is 6.49. The van der Waals surface area contributed by atoms with Crippen LogP contribution in [0.25, 0.3) is 0 Å². The molecule has 1 amide bonds. The van der Waals surface area contributed by atoms with Gasteiger partial charge in [-0.3, -0.25) is 5.43 Å². The number of nitrogens with one attached hydrogen (secondary N) is 1. The average Bonchev–Trinajstić information content (AvgIpc) is 2.17. The first-order chi connectivity index (χ1) is 6.97. The molecule has 0 spiro atoms. The molecule has 4 heteroatoms. The Kier molecular flexibility index (Phi) is 3.97. The van der Waals surface area contributed by atoms with Crippen molar-refractivity contribution in [2.75, 3.05) is 0 Å². The van der Waals surface area contributed by atoms with Gasteiger partial charge in [-0.25, -0.2) is 10.6 Å². The van der Waals surface area contributed by atoms with Gasteiger partial charge < -0.3 is 4.74 Å². The van der Waals surface area contributed by atoms with Crippen LogP contribution < -0.4 is 11.3 Å². The third kappa shape index (κ3) is 3.38. The highest BCUT2D eigenvalue weighted by atomic mass is 16.6. The van der Waals surface area contributed by atoms with Crippen molar-refractivity contribution >= 4 is 6.09 Å². The fourth-order valence-electron chi connectivity index (χ4n) is 2.27. The van der Waals surface area contributed by atoms with Crippen LogP contribution in [0, 0.1) is 11.8 Å². The van der Waals surface area contributed by atoms with E-state index in [-0.39, 0.29) is 5.60 Å². The van der Waals surface area contributed by atoms with Crippen LogP contribution in [0.3, 0.4) is 0 Å². The Labute approximate surface area is 91.5 Å². The number of carbonyl (C=O) groups is 1. The lowest BCUT2D eigenvalue weighted by atomic mass is 9.75. The van der Waals surface area contributed by atoms with Crippen molar-refractivity contribution in [3.8, 4) is 0 Å². The van der Waals surface area contributed by atoms with E-state index in [4.69, 9.17) is 10.6 Å². The molecule has 0 saturated heterocycles. The quantitative estimate of drug-likeness (QED) is 0.421. The Morgan fingerprint density at radius 3 is 2.40 bits per heavy atom. The molecule has 0 aromatic heterocycles. The van der Waals surface area contributed by atoms with E-state index in [0.29, 0.717) is 0 Å². The minimum atomic E-state index is -0.527. The van der Waals surface area contributed by atoms with Crippen molar-refractivity contribution in [1.29, 1.82) is 0 Å². The second-order valence-electron chi connectivity index (χ2n) is 5.07. The maximum absolute atomic E-state index is 11.0. The minimum absolute atomic E-state index is 0.325. The molecule has 1 rings (SSSR count). The monoisotopic (exact) mass is 214 g/mol. The van der Waals surface area contributed by atoms with Gasteiger partial charge in [-0.2, -0.15) is 0 Å². The topological polar surface area (TPSA) is 64.3 Å². The summed E-state index contributed by atoms with van der Waals surface area (Å²) in [5.74, 6) is 6.49. The number of hydrazine groups is 1. The Morgan fingerprint density at radius 2 is 2.00 bits per heavy atom. The van der Waals surface area contributed by atoms with Crippen LogP contribution in [0.5, 0.6) is 0 Å². The summed E-state index contributed by atoms with van der Waals surface area (Å²) in [5.41, 5.74) is 1.69. The lowest BCUT2D eigenvalue weighted by molar-refractivity contribution is -0.0172. The Hall–Kier alpha value is -0.770. The average molecular weight is 214 g/mol. The van der Waals surface area contributed by atoms with Gasteiger partial charge in [0.25, 0.3) is 0 Å². The standard InChI is InChI=1S/C11H22N2O2/c1-8(2)9-4-6-11(3,7-5-9)15-10(14)13-12/h8-9H,4-7,12H2,1-3H3,(H,13,14). The molecule has 1 fully saturated rings. The van der Waals surface area contributed by atoms with Crippen LogP contribution >= 0.6 is 0 Å². The molecule has 1 aliphatic carbocycles. The smallest absolute Gasteiger partial charge is 0.421 e. The molecule has 0 aromatic rings. The first-order valence-electron chi connectivity index (χ1n) is 5.66. The fourth-order valence-corrected chi connectivity index (χ4v) is 2.27. The van der Waals surface area contributed by atoms with E-state index in [2.05, 4.69) is 13.8 Å². The molecule has 88 valence electrons. The van der Waals surface area contributed by atoms with E-state index < -0.39 is 6.09 Å². The Bertz CT molecular complexity index is 221. The zero-order valence-electron chi connectivity index (χ0n) is 9.88. The molecule has 0 radical (unpaired) electrons. The van der Waals surface area contributed by atoms with E-state index in [1.165, 1.54) is 0 Å². The highest BCUT2D eigenvalue weighted by Gasteiger charge is 2.35. The highest BCUT2D eigenvalue weighted by Crippen LogP contribution is 2.37. The molecule has 0 unspecified atom stereocenters. The molecule has 0 aliphatic heterocycles. The SMILES string of the molecule is CC(C)C1CCC(C)(OC(=O)NN)CC1. The van der Waals surface area contributed by atoms with E-state index in [0.717, 1.165) is 37.5 Å². The molecular formula is C11H22N2O2. The molecule has 0 heterocycles. The van der Waals surface area contributed by atoms with Crippen LogP contribution in [-0.4, -0.2) is 11.7 Å². The number of rotatable bonds is 2. The fraction of sp³-hybridized carbons (Fsp3) is 0.909. The lowest BCUT2D eigenvalue weighted by Crippen LogP contribution is -2.42. The molecule has 0 aromatic carbocycles. The summed E-state index contributed by atoms with van der Waals surface area (Å²) in [4.78, 5) is 11.0. The molecule has 4 nitrogen and oxygen atoms in total. The van der Waals surface area contributed by atoms with Gasteiger partial charge in [0.05, 0.1) is 0 Å². The van der Waals surface area contributed by atoms with Gasteiger partial charge in [-0.05, 0) is 44.4 Å². The predicted octanol–water partition coefficient (Wildman–Crippen LogP) is 2.19. The van der Waals surface area contributed by atoms with Crippen molar-refractivity contribution in [2.24, 2.45) is 17.7 Å². The summed E-state index contributed by atoms with van der Waals surface area (Å²) in [7, 11) is 0. The molecule has 15 heavy (non-hydrogen) atoms. The van der Waals surface area contributed by atoms with Crippen molar-refractivity contribution < 1.29 is 9.53 Å². The van der Waals surface area contributed by atoms with Gasteiger partial charge in [-0.1, -0.05) is 13.8 Å². The van der Waals surface area contributed by atoms with Crippen LogP contribution in [0.2, 0.25) is 0 Å². The van der Waals surface area contributed by atoms with Gasteiger partial charge in [0.1, 0.15) is 5.60 Å². The zero-order valence-corrected chi connectivity index (χ0v) is 9.88. The van der Waals surface area contributed by atoms with Gasteiger partial charge >= 0.3 is 6.09 Å². The Morgan fingerprint density at radius 1 is 1.47 bits per heavy atom. The maximum atomic E-state index is 11.0. The minimum Gasteiger partial charge on any atom is -0.442 e.